The van der Waals surface area contributed by atoms with E-state index in [-0.39, 0.29) is 5.54 Å². The van der Waals surface area contributed by atoms with Gasteiger partial charge in [0, 0.05) is 11.3 Å². The molecule has 2 rings (SSSR count). The van der Waals surface area contributed by atoms with Crippen LogP contribution < -0.4 is 0 Å². The van der Waals surface area contributed by atoms with Crippen LogP contribution in [0.4, 0.5) is 0 Å². The number of alkyl halides is 1. The molecule has 1 aromatic carbocycles. The Kier molecular flexibility index (Phi) is 4.55. The first kappa shape index (κ1) is 15.5. The normalized spacial score (nSPS) is 30.6. The molecule has 0 saturated heterocycles. The highest BCUT2D eigenvalue weighted by Crippen LogP contribution is 2.46. The van der Waals surface area contributed by atoms with Crippen molar-refractivity contribution in [2.45, 2.75) is 57.1 Å². The third-order valence-corrected chi connectivity index (χ3v) is 5.14. The van der Waals surface area contributed by atoms with Crippen LogP contribution in [0.25, 0.3) is 0 Å². The number of benzene rings is 1. The van der Waals surface area contributed by atoms with Crippen LogP contribution in [0.2, 0.25) is 0 Å². The maximum absolute atomic E-state index is 6.92. The molecule has 2 unspecified atom stereocenters. The molecule has 0 aromatic heterocycles. The minimum Gasteiger partial charge on any atom is -0.255 e. The molecule has 1 aliphatic rings. The number of halogens is 1. The van der Waals surface area contributed by atoms with Gasteiger partial charge in [-0.2, -0.15) is 0 Å². The Morgan fingerprint density at radius 2 is 1.85 bits per heavy atom. The average Bonchev–Trinajstić information content (AvgIpc) is 2.68. The standard InChI is InChI=1S/C17H25ClN2/c1-5-7-13-16(3)15(6-2)19-17(18,20(16)4)14-11-9-8-10-12-14/h8-12H,5-7,13H2,1-4H3. The van der Waals surface area contributed by atoms with E-state index in [4.69, 9.17) is 16.6 Å². The van der Waals surface area contributed by atoms with Crippen molar-refractivity contribution in [1.29, 1.82) is 0 Å². The average molecular weight is 293 g/mol. The second-order valence-corrected chi connectivity index (χ2v) is 6.33. The van der Waals surface area contributed by atoms with Crippen molar-refractivity contribution < 1.29 is 0 Å². The predicted molar refractivity (Wildman–Crippen MR) is 87.4 cm³/mol. The highest BCUT2D eigenvalue weighted by Gasteiger charge is 2.51. The van der Waals surface area contributed by atoms with E-state index in [0.717, 1.165) is 18.4 Å². The van der Waals surface area contributed by atoms with E-state index in [1.807, 2.05) is 18.2 Å². The molecular weight excluding hydrogens is 268 g/mol. The molecule has 0 N–H and O–H groups in total. The lowest BCUT2D eigenvalue weighted by atomic mass is 9.87. The quantitative estimate of drug-likeness (QED) is 0.563. The van der Waals surface area contributed by atoms with Gasteiger partial charge in [0.15, 0.2) is 0 Å². The van der Waals surface area contributed by atoms with Gasteiger partial charge in [-0.1, -0.05) is 68.6 Å². The zero-order valence-electron chi connectivity index (χ0n) is 13.0. The summed E-state index contributed by atoms with van der Waals surface area (Å²) < 4.78 is 0. The molecule has 1 aliphatic heterocycles. The molecule has 0 radical (unpaired) electrons. The molecule has 1 aromatic rings. The number of hydrogen-bond donors (Lipinski definition) is 0. The molecule has 0 bridgehead atoms. The lowest BCUT2D eigenvalue weighted by Crippen LogP contribution is -2.50. The van der Waals surface area contributed by atoms with E-state index < -0.39 is 5.12 Å². The number of hydrogen-bond acceptors (Lipinski definition) is 2. The lowest BCUT2D eigenvalue weighted by Gasteiger charge is -2.39. The predicted octanol–water partition coefficient (Wildman–Crippen LogP) is 4.78. The summed E-state index contributed by atoms with van der Waals surface area (Å²) in [5, 5.41) is -0.755. The fourth-order valence-electron chi connectivity index (χ4n) is 3.10. The van der Waals surface area contributed by atoms with E-state index in [2.05, 4.69) is 44.9 Å². The van der Waals surface area contributed by atoms with Crippen molar-refractivity contribution in [3.63, 3.8) is 0 Å². The molecule has 2 nitrogen and oxygen atoms in total. The van der Waals surface area contributed by atoms with E-state index in [1.54, 1.807) is 0 Å². The van der Waals surface area contributed by atoms with E-state index >= 15 is 0 Å². The van der Waals surface area contributed by atoms with Crippen LogP contribution in [0, 0.1) is 0 Å². The number of rotatable bonds is 5. The van der Waals surface area contributed by atoms with Crippen LogP contribution in [0.1, 0.15) is 52.0 Å². The maximum Gasteiger partial charge on any atom is 0.215 e. The number of unbranched alkanes of at least 4 members (excludes halogenated alkanes) is 1. The van der Waals surface area contributed by atoms with Crippen LogP contribution in [0.3, 0.4) is 0 Å². The molecule has 3 heteroatoms. The van der Waals surface area contributed by atoms with Crippen molar-refractivity contribution in [1.82, 2.24) is 4.90 Å². The number of aliphatic imine (C=N–C) groups is 1. The van der Waals surface area contributed by atoms with E-state index in [9.17, 15) is 0 Å². The Bertz CT molecular complexity index is 485. The van der Waals surface area contributed by atoms with Crippen molar-refractivity contribution in [2.75, 3.05) is 7.05 Å². The van der Waals surface area contributed by atoms with Gasteiger partial charge in [-0.3, -0.25) is 4.90 Å². The monoisotopic (exact) mass is 292 g/mol. The summed E-state index contributed by atoms with van der Waals surface area (Å²) >= 11 is 6.92. The first-order valence-corrected chi connectivity index (χ1v) is 7.94. The Hall–Kier alpha value is -0.860. The highest BCUT2D eigenvalue weighted by atomic mass is 35.5. The van der Waals surface area contributed by atoms with Crippen LogP contribution >= 0.6 is 11.6 Å². The summed E-state index contributed by atoms with van der Waals surface area (Å²) in [6.45, 7) is 6.68. The van der Waals surface area contributed by atoms with Crippen molar-refractivity contribution in [3.8, 4) is 0 Å². The Balaban J connectivity index is 2.41. The second-order valence-electron chi connectivity index (χ2n) is 5.80. The lowest BCUT2D eigenvalue weighted by molar-refractivity contribution is 0.131. The molecule has 20 heavy (non-hydrogen) atoms. The van der Waals surface area contributed by atoms with Crippen molar-refractivity contribution in [2.24, 2.45) is 4.99 Å². The topological polar surface area (TPSA) is 15.6 Å². The van der Waals surface area contributed by atoms with Crippen molar-refractivity contribution in [3.05, 3.63) is 35.9 Å². The summed E-state index contributed by atoms with van der Waals surface area (Å²) in [4.78, 5) is 7.15. The number of nitrogens with zero attached hydrogens (tertiary/aromatic N) is 2. The van der Waals surface area contributed by atoms with E-state index in [1.165, 1.54) is 18.6 Å². The Morgan fingerprint density at radius 1 is 1.20 bits per heavy atom. The van der Waals surface area contributed by atoms with Gasteiger partial charge in [0.05, 0.1) is 5.54 Å². The fourth-order valence-corrected chi connectivity index (χ4v) is 3.51. The van der Waals surface area contributed by atoms with Crippen LogP contribution in [0.5, 0.6) is 0 Å². The van der Waals surface area contributed by atoms with Crippen LogP contribution in [0.15, 0.2) is 35.3 Å². The molecule has 0 spiro atoms. The van der Waals surface area contributed by atoms with Gasteiger partial charge in [-0.15, -0.1) is 0 Å². The third-order valence-electron chi connectivity index (χ3n) is 4.58. The Labute approximate surface area is 127 Å². The SMILES string of the molecule is CCCCC1(C)C(CC)=NC(Cl)(c2ccccc2)N1C. The summed E-state index contributed by atoms with van der Waals surface area (Å²) in [6, 6.07) is 10.2. The maximum atomic E-state index is 6.92. The molecule has 0 fully saturated rings. The van der Waals surface area contributed by atoms with Gasteiger partial charge in [0.2, 0.25) is 5.12 Å². The van der Waals surface area contributed by atoms with Crippen LogP contribution in [-0.4, -0.2) is 23.2 Å². The van der Waals surface area contributed by atoms with Gasteiger partial charge in [-0.05, 0) is 26.8 Å². The summed E-state index contributed by atoms with van der Waals surface area (Å²) in [6.07, 6.45) is 4.45. The molecular formula is C17H25ClN2. The minimum atomic E-state index is -0.755. The van der Waals surface area contributed by atoms with Gasteiger partial charge >= 0.3 is 0 Å². The first-order chi connectivity index (χ1) is 9.49. The largest absolute Gasteiger partial charge is 0.255 e. The van der Waals surface area contributed by atoms with Gasteiger partial charge in [0.25, 0.3) is 0 Å². The smallest absolute Gasteiger partial charge is 0.215 e. The summed E-state index contributed by atoms with van der Waals surface area (Å²) in [5.74, 6) is 0. The Morgan fingerprint density at radius 3 is 2.40 bits per heavy atom. The molecule has 110 valence electrons. The second kappa shape index (κ2) is 5.87. The molecule has 0 amide bonds. The van der Waals surface area contributed by atoms with Gasteiger partial charge in [-0.25, -0.2) is 4.99 Å². The van der Waals surface area contributed by atoms with Crippen LogP contribution in [-0.2, 0) is 5.12 Å². The minimum absolute atomic E-state index is 0.0393. The third kappa shape index (κ3) is 2.40. The molecule has 1 heterocycles. The van der Waals surface area contributed by atoms with Gasteiger partial charge in [0.1, 0.15) is 0 Å². The zero-order valence-corrected chi connectivity index (χ0v) is 13.7. The summed E-state index contributed by atoms with van der Waals surface area (Å²) in [5.41, 5.74) is 2.23. The van der Waals surface area contributed by atoms with E-state index in [0.29, 0.717) is 0 Å². The molecule has 2 atom stereocenters. The highest BCUT2D eigenvalue weighted by molar-refractivity contribution is 6.25. The first-order valence-electron chi connectivity index (χ1n) is 7.56. The molecule has 0 saturated carbocycles. The summed E-state index contributed by atoms with van der Waals surface area (Å²) in [7, 11) is 2.10. The van der Waals surface area contributed by atoms with Gasteiger partial charge < -0.3 is 0 Å². The molecule has 0 aliphatic carbocycles. The fraction of sp³-hybridized carbons (Fsp3) is 0.588. The zero-order chi connectivity index (χ0) is 14.8. The van der Waals surface area contributed by atoms with Crippen molar-refractivity contribution >= 4 is 17.3 Å².